The second-order valence-electron chi connectivity index (χ2n) is 7.07. The number of ether oxygens (including phenoxy) is 1. The van der Waals surface area contributed by atoms with Crippen LogP contribution in [0.1, 0.15) is 12.8 Å². The van der Waals surface area contributed by atoms with Crippen LogP contribution in [0.5, 0.6) is 0 Å². The number of halogens is 2. The summed E-state index contributed by atoms with van der Waals surface area (Å²) in [7, 11) is 0. The van der Waals surface area contributed by atoms with Crippen LogP contribution in [0.3, 0.4) is 0 Å². The Morgan fingerprint density at radius 1 is 1.00 bits per heavy atom. The van der Waals surface area contributed by atoms with Crippen LogP contribution in [0.25, 0.3) is 0 Å². The number of aliphatic carboxylic acids is 1. The third kappa shape index (κ3) is 3.04. The summed E-state index contributed by atoms with van der Waals surface area (Å²) < 4.78 is 5.68. The zero-order valence-electron chi connectivity index (χ0n) is 14.1. The van der Waals surface area contributed by atoms with Crippen molar-refractivity contribution < 1.29 is 19.4 Å². The van der Waals surface area contributed by atoms with Crippen molar-refractivity contribution >= 4 is 40.8 Å². The lowest BCUT2D eigenvalue weighted by atomic mass is 9.78. The SMILES string of the molecule is O=C([O-])[C@@H]1[C@@H](C(=O)N2CCN(c3ccc(Cl)c(Cl)c3)CC2)[C@@H]2CC[C@H]1O2. The lowest BCUT2D eigenvalue weighted by Gasteiger charge is -2.39. The molecule has 2 bridgehead atoms. The topological polar surface area (TPSA) is 72.9 Å². The fraction of sp³-hybridized carbons (Fsp3) is 0.556. The van der Waals surface area contributed by atoms with E-state index in [1.165, 1.54) is 0 Å². The summed E-state index contributed by atoms with van der Waals surface area (Å²) in [5.74, 6) is -2.74. The van der Waals surface area contributed by atoms with E-state index in [-0.39, 0.29) is 18.1 Å². The predicted octanol–water partition coefficient (Wildman–Crippen LogP) is 1.19. The summed E-state index contributed by atoms with van der Waals surface area (Å²) in [5.41, 5.74) is 0.961. The van der Waals surface area contributed by atoms with Crippen molar-refractivity contribution in [3.63, 3.8) is 0 Å². The summed E-state index contributed by atoms with van der Waals surface area (Å²) in [4.78, 5) is 28.3. The molecule has 1 amide bonds. The molecule has 140 valence electrons. The minimum atomic E-state index is -1.18. The molecule has 8 heteroatoms. The Balaban J connectivity index is 1.42. The van der Waals surface area contributed by atoms with Gasteiger partial charge in [0.05, 0.1) is 28.2 Å². The van der Waals surface area contributed by atoms with E-state index < -0.39 is 17.8 Å². The molecule has 4 rings (SSSR count). The number of hydrogen-bond donors (Lipinski definition) is 0. The van der Waals surface area contributed by atoms with E-state index in [9.17, 15) is 14.7 Å². The first-order valence-corrected chi connectivity index (χ1v) is 9.56. The number of fused-ring (bicyclic) bond motifs is 2. The fourth-order valence-electron chi connectivity index (χ4n) is 4.37. The molecule has 0 radical (unpaired) electrons. The molecule has 3 heterocycles. The molecule has 0 N–H and O–H groups in total. The van der Waals surface area contributed by atoms with Gasteiger partial charge in [-0.05, 0) is 31.0 Å². The summed E-state index contributed by atoms with van der Waals surface area (Å²) >= 11 is 12.0. The van der Waals surface area contributed by atoms with Crippen molar-refractivity contribution in [1.82, 2.24) is 4.90 Å². The van der Waals surface area contributed by atoms with E-state index >= 15 is 0 Å². The van der Waals surface area contributed by atoms with Gasteiger partial charge in [0.2, 0.25) is 5.91 Å². The molecule has 0 aliphatic carbocycles. The van der Waals surface area contributed by atoms with Gasteiger partial charge in [-0.1, -0.05) is 23.2 Å². The molecule has 3 fully saturated rings. The van der Waals surface area contributed by atoms with Gasteiger partial charge >= 0.3 is 0 Å². The van der Waals surface area contributed by atoms with E-state index in [1.54, 1.807) is 11.0 Å². The van der Waals surface area contributed by atoms with Gasteiger partial charge in [-0.2, -0.15) is 0 Å². The van der Waals surface area contributed by atoms with Crippen LogP contribution in [0, 0.1) is 11.8 Å². The Hall–Kier alpha value is -1.50. The van der Waals surface area contributed by atoms with Crippen LogP contribution in [0.4, 0.5) is 5.69 Å². The number of rotatable bonds is 3. The third-order valence-corrected chi connectivity index (χ3v) is 6.43. The molecule has 1 aromatic carbocycles. The lowest BCUT2D eigenvalue weighted by molar-refractivity contribution is -0.314. The van der Waals surface area contributed by atoms with Crippen LogP contribution in [-0.4, -0.2) is 55.2 Å². The number of nitrogens with zero attached hydrogens (tertiary/aromatic N) is 2. The second kappa shape index (κ2) is 6.91. The van der Waals surface area contributed by atoms with Crippen LogP contribution < -0.4 is 10.0 Å². The molecule has 1 aromatic rings. The van der Waals surface area contributed by atoms with Crippen LogP contribution in [0.15, 0.2) is 18.2 Å². The van der Waals surface area contributed by atoms with Crippen molar-refractivity contribution in [2.45, 2.75) is 25.0 Å². The van der Waals surface area contributed by atoms with E-state index in [4.69, 9.17) is 27.9 Å². The molecule has 26 heavy (non-hydrogen) atoms. The van der Waals surface area contributed by atoms with Crippen molar-refractivity contribution in [1.29, 1.82) is 0 Å². The number of carboxylic acids is 1. The maximum atomic E-state index is 12.9. The largest absolute Gasteiger partial charge is 0.550 e. The van der Waals surface area contributed by atoms with Crippen LogP contribution >= 0.6 is 23.2 Å². The first-order chi connectivity index (χ1) is 12.5. The Kier molecular flexibility index (Phi) is 4.75. The third-order valence-electron chi connectivity index (χ3n) is 5.69. The summed E-state index contributed by atoms with van der Waals surface area (Å²) in [6.45, 7) is 2.38. The van der Waals surface area contributed by atoms with Crippen molar-refractivity contribution in [2.24, 2.45) is 11.8 Å². The summed E-state index contributed by atoms with van der Waals surface area (Å²) in [5, 5.41) is 12.5. The van der Waals surface area contributed by atoms with Gasteiger partial charge in [0.25, 0.3) is 0 Å². The smallest absolute Gasteiger partial charge is 0.229 e. The van der Waals surface area contributed by atoms with Gasteiger partial charge in [0, 0.05) is 43.8 Å². The first-order valence-electron chi connectivity index (χ1n) is 8.81. The second-order valence-corrected chi connectivity index (χ2v) is 7.89. The number of carbonyl (C=O) groups excluding carboxylic acids is 2. The number of anilines is 1. The molecule has 6 nitrogen and oxygen atoms in total. The number of benzene rings is 1. The van der Waals surface area contributed by atoms with E-state index in [0.29, 0.717) is 42.6 Å². The molecule has 3 saturated heterocycles. The Labute approximate surface area is 161 Å². The maximum absolute atomic E-state index is 12.9. The number of hydrogen-bond acceptors (Lipinski definition) is 5. The van der Waals surface area contributed by atoms with Crippen LogP contribution in [-0.2, 0) is 14.3 Å². The van der Waals surface area contributed by atoms with Crippen molar-refractivity contribution in [2.75, 3.05) is 31.1 Å². The lowest BCUT2D eigenvalue weighted by Crippen LogP contribution is -2.54. The number of carboxylic acid groups (broad SMARTS) is 1. The molecular weight excluding hydrogens is 379 g/mol. The van der Waals surface area contributed by atoms with Crippen molar-refractivity contribution in [3.8, 4) is 0 Å². The van der Waals surface area contributed by atoms with Gasteiger partial charge in [0.15, 0.2) is 0 Å². The van der Waals surface area contributed by atoms with Crippen molar-refractivity contribution in [3.05, 3.63) is 28.2 Å². The number of piperazine rings is 1. The molecule has 3 aliphatic heterocycles. The van der Waals surface area contributed by atoms with Gasteiger partial charge in [0.1, 0.15) is 0 Å². The average Bonchev–Trinajstić information content (AvgIpc) is 3.25. The van der Waals surface area contributed by atoms with Gasteiger partial charge < -0.3 is 24.4 Å². The molecule has 0 aromatic heterocycles. The minimum Gasteiger partial charge on any atom is -0.550 e. The Bertz CT molecular complexity index is 736. The molecule has 0 spiro atoms. The minimum absolute atomic E-state index is 0.125. The number of carbonyl (C=O) groups is 2. The monoisotopic (exact) mass is 397 g/mol. The zero-order chi connectivity index (χ0) is 18.4. The summed E-state index contributed by atoms with van der Waals surface area (Å²) in [6, 6.07) is 5.48. The van der Waals surface area contributed by atoms with E-state index in [0.717, 1.165) is 12.1 Å². The standard InChI is InChI=1S/C18H20Cl2N2O4/c19-11-2-1-10(9-12(11)20)21-5-7-22(8-6-21)17(23)15-13-3-4-14(26-13)16(15)18(24)25/h1-2,9,13-16H,3-8H2,(H,24,25)/p-1/t13-,14+,15-,16-/m0/s1. The van der Waals surface area contributed by atoms with E-state index in [2.05, 4.69) is 4.90 Å². The zero-order valence-corrected chi connectivity index (χ0v) is 15.6. The molecule has 4 atom stereocenters. The highest BCUT2D eigenvalue weighted by atomic mass is 35.5. The molecular formula is C18H19Cl2N2O4-. The first kappa shape index (κ1) is 17.9. The molecule has 0 unspecified atom stereocenters. The van der Waals surface area contributed by atoms with Crippen LogP contribution in [0.2, 0.25) is 10.0 Å². The normalized spacial score (nSPS) is 30.7. The fourth-order valence-corrected chi connectivity index (χ4v) is 4.66. The van der Waals surface area contributed by atoms with Gasteiger partial charge in [-0.3, -0.25) is 4.79 Å². The highest BCUT2D eigenvalue weighted by Gasteiger charge is 2.53. The highest BCUT2D eigenvalue weighted by molar-refractivity contribution is 6.42. The Morgan fingerprint density at radius 3 is 2.27 bits per heavy atom. The van der Waals surface area contributed by atoms with Gasteiger partial charge in [-0.15, -0.1) is 0 Å². The average molecular weight is 398 g/mol. The quantitative estimate of drug-likeness (QED) is 0.765. The van der Waals surface area contributed by atoms with Gasteiger partial charge in [-0.25, -0.2) is 0 Å². The highest BCUT2D eigenvalue weighted by Crippen LogP contribution is 2.44. The Morgan fingerprint density at radius 2 is 1.65 bits per heavy atom. The predicted molar refractivity (Wildman–Crippen MR) is 95.1 cm³/mol. The summed E-state index contributed by atoms with van der Waals surface area (Å²) in [6.07, 6.45) is 0.770. The maximum Gasteiger partial charge on any atom is 0.229 e. The molecule has 0 saturated carbocycles. The van der Waals surface area contributed by atoms with E-state index in [1.807, 2.05) is 12.1 Å². The number of amides is 1. The molecule has 3 aliphatic rings.